The summed E-state index contributed by atoms with van der Waals surface area (Å²) < 4.78 is 3.92. The molecule has 0 unspecified atom stereocenters. The van der Waals surface area contributed by atoms with Crippen molar-refractivity contribution >= 4 is 0 Å². The second kappa shape index (κ2) is 5.22. The predicted octanol–water partition coefficient (Wildman–Crippen LogP) is 1.04. The van der Waals surface area contributed by atoms with Crippen LogP contribution in [0.5, 0.6) is 0 Å². The van der Waals surface area contributed by atoms with Gasteiger partial charge in [-0.25, -0.2) is 14.3 Å². The molecule has 0 radical (unpaired) electrons. The molecule has 0 bridgehead atoms. The van der Waals surface area contributed by atoms with Crippen LogP contribution < -0.4 is 5.32 Å². The second-order valence-corrected chi connectivity index (χ2v) is 6.70. The number of fused-ring (bicyclic) bond motifs is 1. The fraction of sp³-hybridized carbons (Fsp3) is 0.714. The van der Waals surface area contributed by atoms with Crippen molar-refractivity contribution in [2.24, 2.45) is 0 Å². The Kier molecular flexibility index (Phi) is 3.52. The molecule has 1 aliphatic heterocycles. The molecule has 3 heterocycles. The number of nitrogens with one attached hydrogen (secondary N) is 1. The van der Waals surface area contributed by atoms with E-state index >= 15 is 0 Å². The van der Waals surface area contributed by atoms with E-state index in [4.69, 9.17) is 0 Å². The minimum atomic E-state index is -0.0246. The van der Waals surface area contributed by atoms with Crippen molar-refractivity contribution in [3.05, 3.63) is 23.5 Å². The lowest BCUT2D eigenvalue weighted by atomic mass is 10.1. The smallest absolute Gasteiger partial charge is 0.147 e. The Balaban J connectivity index is 1.58. The van der Waals surface area contributed by atoms with Crippen LogP contribution in [0.2, 0.25) is 0 Å². The standard InChI is InChI=1S/C14H23N7/c1-10-16-13-6-5-11(8-20(13)18-10)15-7-12-9-21(19-17-12)14(2,3)4/h9,11,15H,5-8H2,1-4H3/t11-/m0/s1. The monoisotopic (exact) mass is 289 g/mol. The van der Waals surface area contributed by atoms with Gasteiger partial charge in [-0.15, -0.1) is 5.10 Å². The molecular weight excluding hydrogens is 266 g/mol. The Morgan fingerprint density at radius 3 is 2.90 bits per heavy atom. The third kappa shape index (κ3) is 3.12. The third-order valence-electron chi connectivity index (χ3n) is 3.76. The first-order valence-electron chi connectivity index (χ1n) is 7.47. The summed E-state index contributed by atoms with van der Waals surface area (Å²) in [6, 6.07) is 0.415. The first kappa shape index (κ1) is 14.2. The Morgan fingerprint density at radius 2 is 2.19 bits per heavy atom. The molecule has 0 aromatic carbocycles. The van der Waals surface area contributed by atoms with Gasteiger partial charge in [0.15, 0.2) is 0 Å². The normalized spacial score (nSPS) is 18.8. The molecule has 1 N–H and O–H groups in total. The quantitative estimate of drug-likeness (QED) is 0.914. The highest BCUT2D eigenvalue weighted by molar-refractivity contribution is 4.98. The van der Waals surface area contributed by atoms with Crippen LogP contribution in [0.4, 0.5) is 0 Å². The van der Waals surface area contributed by atoms with Crippen LogP contribution in [0.25, 0.3) is 0 Å². The lowest BCUT2D eigenvalue weighted by Gasteiger charge is -2.23. The van der Waals surface area contributed by atoms with Crippen LogP contribution in [0.1, 0.15) is 44.5 Å². The highest BCUT2D eigenvalue weighted by Gasteiger charge is 2.21. The maximum Gasteiger partial charge on any atom is 0.147 e. The number of rotatable bonds is 3. The number of aromatic nitrogens is 6. The minimum absolute atomic E-state index is 0.0246. The van der Waals surface area contributed by atoms with E-state index < -0.39 is 0 Å². The third-order valence-corrected chi connectivity index (χ3v) is 3.76. The van der Waals surface area contributed by atoms with Gasteiger partial charge >= 0.3 is 0 Å². The van der Waals surface area contributed by atoms with Crippen LogP contribution in [-0.4, -0.2) is 35.8 Å². The average molecular weight is 289 g/mol. The summed E-state index contributed by atoms with van der Waals surface area (Å²) in [5.74, 6) is 1.96. The highest BCUT2D eigenvalue weighted by Crippen LogP contribution is 2.14. The van der Waals surface area contributed by atoms with E-state index in [2.05, 4.69) is 46.5 Å². The summed E-state index contributed by atoms with van der Waals surface area (Å²) in [7, 11) is 0. The van der Waals surface area contributed by atoms with Gasteiger partial charge in [-0.05, 0) is 34.1 Å². The topological polar surface area (TPSA) is 73.5 Å². The lowest BCUT2D eigenvalue weighted by molar-refractivity contribution is 0.346. The molecule has 0 saturated carbocycles. The first-order chi connectivity index (χ1) is 9.91. The number of aryl methyl sites for hydroxylation is 2. The molecule has 1 atom stereocenters. The van der Waals surface area contributed by atoms with E-state index in [0.717, 1.165) is 43.3 Å². The number of hydrogen-bond donors (Lipinski definition) is 1. The molecule has 2 aromatic heterocycles. The van der Waals surface area contributed by atoms with Gasteiger partial charge in [-0.2, -0.15) is 5.10 Å². The van der Waals surface area contributed by atoms with Gasteiger partial charge in [0.2, 0.25) is 0 Å². The van der Waals surface area contributed by atoms with E-state index in [1.54, 1.807) is 0 Å². The van der Waals surface area contributed by atoms with Crippen LogP contribution in [0.3, 0.4) is 0 Å². The maximum absolute atomic E-state index is 4.43. The van der Waals surface area contributed by atoms with E-state index in [0.29, 0.717) is 6.04 Å². The summed E-state index contributed by atoms with van der Waals surface area (Å²) in [4.78, 5) is 4.43. The molecule has 21 heavy (non-hydrogen) atoms. The molecule has 0 fully saturated rings. The van der Waals surface area contributed by atoms with Gasteiger partial charge < -0.3 is 5.32 Å². The zero-order valence-electron chi connectivity index (χ0n) is 13.2. The van der Waals surface area contributed by atoms with Gasteiger partial charge in [0.05, 0.1) is 24.0 Å². The molecule has 114 valence electrons. The van der Waals surface area contributed by atoms with Crippen molar-refractivity contribution in [3.63, 3.8) is 0 Å². The average Bonchev–Trinajstić information content (AvgIpc) is 3.00. The molecular formula is C14H23N7. The lowest BCUT2D eigenvalue weighted by Crippen LogP contribution is -2.37. The summed E-state index contributed by atoms with van der Waals surface area (Å²) in [6.07, 6.45) is 4.08. The van der Waals surface area contributed by atoms with E-state index in [1.807, 2.05) is 22.5 Å². The van der Waals surface area contributed by atoms with Gasteiger partial charge in [0.1, 0.15) is 11.6 Å². The Hall–Kier alpha value is -1.76. The summed E-state index contributed by atoms with van der Waals surface area (Å²) in [5, 5.41) is 16.4. The molecule has 0 spiro atoms. The number of nitrogens with zero attached hydrogens (tertiary/aromatic N) is 6. The van der Waals surface area contributed by atoms with Crippen LogP contribution in [-0.2, 0) is 25.0 Å². The Labute approximate surface area is 124 Å². The SMILES string of the molecule is Cc1nc2n(n1)C[C@@H](NCc1cn(C(C)(C)C)nn1)CC2. The van der Waals surface area contributed by atoms with Crippen LogP contribution >= 0.6 is 0 Å². The zero-order valence-corrected chi connectivity index (χ0v) is 13.2. The van der Waals surface area contributed by atoms with Crippen molar-refractivity contribution in [1.29, 1.82) is 0 Å². The van der Waals surface area contributed by atoms with Gasteiger partial charge in [0, 0.05) is 19.0 Å². The first-order valence-corrected chi connectivity index (χ1v) is 7.47. The van der Waals surface area contributed by atoms with Gasteiger partial charge in [-0.1, -0.05) is 5.21 Å². The second-order valence-electron chi connectivity index (χ2n) is 6.70. The molecule has 7 nitrogen and oxygen atoms in total. The van der Waals surface area contributed by atoms with Crippen molar-refractivity contribution in [2.75, 3.05) is 0 Å². The van der Waals surface area contributed by atoms with Crippen molar-refractivity contribution in [3.8, 4) is 0 Å². The van der Waals surface area contributed by atoms with Crippen LogP contribution in [0, 0.1) is 6.92 Å². The molecule has 0 aliphatic carbocycles. The highest BCUT2D eigenvalue weighted by atomic mass is 15.4. The number of hydrogen-bond acceptors (Lipinski definition) is 5. The van der Waals surface area contributed by atoms with Crippen LogP contribution in [0.15, 0.2) is 6.20 Å². The van der Waals surface area contributed by atoms with Crippen molar-refractivity contribution < 1.29 is 0 Å². The Morgan fingerprint density at radius 1 is 1.38 bits per heavy atom. The summed E-state index contributed by atoms with van der Waals surface area (Å²) in [5.41, 5.74) is 0.953. The fourth-order valence-corrected chi connectivity index (χ4v) is 2.56. The van der Waals surface area contributed by atoms with E-state index in [9.17, 15) is 0 Å². The minimum Gasteiger partial charge on any atom is -0.306 e. The molecule has 1 aliphatic rings. The maximum atomic E-state index is 4.43. The van der Waals surface area contributed by atoms with Gasteiger partial charge in [-0.3, -0.25) is 0 Å². The zero-order chi connectivity index (χ0) is 15.0. The molecule has 2 aromatic rings. The predicted molar refractivity (Wildman–Crippen MR) is 78.7 cm³/mol. The molecule has 3 rings (SSSR count). The summed E-state index contributed by atoms with van der Waals surface area (Å²) >= 11 is 0. The largest absolute Gasteiger partial charge is 0.306 e. The Bertz CT molecular complexity index is 620. The summed E-state index contributed by atoms with van der Waals surface area (Å²) in [6.45, 7) is 9.92. The molecule has 0 saturated heterocycles. The molecule has 7 heteroatoms. The van der Waals surface area contributed by atoms with Gasteiger partial charge in [0.25, 0.3) is 0 Å². The van der Waals surface area contributed by atoms with E-state index in [-0.39, 0.29) is 5.54 Å². The fourth-order valence-electron chi connectivity index (χ4n) is 2.56. The van der Waals surface area contributed by atoms with Crippen molar-refractivity contribution in [1.82, 2.24) is 35.1 Å². The van der Waals surface area contributed by atoms with E-state index in [1.165, 1.54) is 0 Å². The molecule has 0 amide bonds. The van der Waals surface area contributed by atoms with Crippen molar-refractivity contribution in [2.45, 2.75) is 65.2 Å².